The Labute approximate surface area is 404 Å². The number of amides is 2. The van der Waals surface area contributed by atoms with Crippen LogP contribution in [0.2, 0.25) is 0 Å². The lowest BCUT2D eigenvalue weighted by Crippen LogP contribution is -2.27. The van der Waals surface area contributed by atoms with Gasteiger partial charge in [0, 0.05) is 25.9 Å². The highest BCUT2D eigenvalue weighted by molar-refractivity contribution is 5.76. The van der Waals surface area contributed by atoms with Crippen LogP contribution in [0.5, 0.6) is 11.5 Å². The molecule has 0 aliphatic heterocycles. The molecule has 0 atom stereocenters. The summed E-state index contributed by atoms with van der Waals surface area (Å²) in [4.78, 5) is 24.4. The standard InChI is InChI=1S/C57H99N3O6/c1-49(2)29-25-21-17-13-9-5-7-11-15-19-23-27-31-55(61)59-41-43-63-45-47-65-53-37-33-51(34-38-53)57(58)52-35-39-54(40-36-52)66-48-46-64-44-42-60-56(62)32-28-24-20-16-12-8-6-10-14-18-22-26-30-50(3)4/h33-40,49-50,57H,5-32,41-48,58H2,1-4H3,(H,59,61)(H,60,62). The number of carbonyl (C=O) groups is 2. The van der Waals surface area contributed by atoms with E-state index in [2.05, 4.69) is 38.3 Å². The third-order valence-corrected chi connectivity index (χ3v) is 12.5. The Balaban J connectivity index is 1.38. The highest BCUT2D eigenvalue weighted by atomic mass is 16.5. The van der Waals surface area contributed by atoms with Crippen LogP contribution in [0, 0.1) is 11.8 Å². The zero-order chi connectivity index (χ0) is 47.6. The summed E-state index contributed by atoms with van der Waals surface area (Å²) in [5.74, 6) is 3.43. The molecule has 2 aromatic rings. The first-order valence-electron chi connectivity index (χ1n) is 27.1. The predicted octanol–water partition coefficient (Wildman–Crippen LogP) is 14.0. The van der Waals surface area contributed by atoms with E-state index in [1.165, 1.54) is 141 Å². The number of hydrogen-bond acceptors (Lipinski definition) is 7. The van der Waals surface area contributed by atoms with Gasteiger partial charge in [0.05, 0.1) is 32.5 Å². The minimum atomic E-state index is -0.275. The lowest BCUT2D eigenvalue weighted by atomic mass is 9.99. The zero-order valence-electron chi connectivity index (χ0n) is 42.8. The van der Waals surface area contributed by atoms with Crippen LogP contribution >= 0.6 is 0 Å². The maximum Gasteiger partial charge on any atom is 0.220 e. The van der Waals surface area contributed by atoms with Crippen molar-refractivity contribution in [2.75, 3.05) is 52.7 Å². The second kappa shape index (κ2) is 42.0. The van der Waals surface area contributed by atoms with Crippen LogP contribution in [0.4, 0.5) is 0 Å². The van der Waals surface area contributed by atoms with Crippen molar-refractivity contribution in [2.45, 2.75) is 214 Å². The molecule has 0 bridgehead atoms. The van der Waals surface area contributed by atoms with Gasteiger partial charge in [0.25, 0.3) is 0 Å². The van der Waals surface area contributed by atoms with Crippen LogP contribution in [0.3, 0.4) is 0 Å². The third-order valence-electron chi connectivity index (χ3n) is 12.5. The van der Waals surface area contributed by atoms with Gasteiger partial charge in [-0.05, 0) is 60.1 Å². The number of nitrogens with two attached hydrogens (primary N) is 1. The average Bonchev–Trinajstić information content (AvgIpc) is 3.31. The summed E-state index contributed by atoms with van der Waals surface area (Å²) in [7, 11) is 0. The molecule has 0 fully saturated rings. The van der Waals surface area contributed by atoms with Crippen LogP contribution in [0.25, 0.3) is 0 Å². The van der Waals surface area contributed by atoms with Crippen molar-refractivity contribution in [1.82, 2.24) is 10.6 Å². The summed E-state index contributed by atoms with van der Waals surface area (Å²) >= 11 is 0. The molecule has 4 N–H and O–H groups in total. The van der Waals surface area contributed by atoms with Crippen molar-refractivity contribution in [3.63, 3.8) is 0 Å². The Kier molecular flexibility index (Phi) is 37.5. The Morgan fingerprint density at radius 2 is 0.697 bits per heavy atom. The number of unbranched alkanes of at least 4 members (excludes halogenated alkanes) is 22. The van der Waals surface area contributed by atoms with Crippen molar-refractivity contribution < 1.29 is 28.5 Å². The largest absolute Gasteiger partial charge is 0.491 e. The molecule has 0 heterocycles. The molecule has 0 unspecified atom stereocenters. The predicted molar refractivity (Wildman–Crippen MR) is 277 cm³/mol. The number of ether oxygens (including phenoxy) is 4. The molecular formula is C57H99N3O6. The number of nitrogens with one attached hydrogen (secondary N) is 2. The van der Waals surface area contributed by atoms with Crippen molar-refractivity contribution in [2.24, 2.45) is 17.6 Å². The van der Waals surface area contributed by atoms with Crippen molar-refractivity contribution in [3.05, 3.63) is 59.7 Å². The molecule has 378 valence electrons. The summed E-state index contributed by atoms with van der Waals surface area (Å²) < 4.78 is 23.0. The third kappa shape index (κ3) is 35.1. The van der Waals surface area contributed by atoms with Crippen LogP contribution in [0.15, 0.2) is 48.5 Å². The summed E-state index contributed by atoms with van der Waals surface area (Å²) in [6.45, 7) is 13.0. The number of rotatable bonds is 46. The van der Waals surface area contributed by atoms with E-state index in [1.807, 2.05) is 48.5 Å². The minimum absolute atomic E-state index is 0.113. The molecule has 0 radical (unpaired) electrons. The molecule has 66 heavy (non-hydrogen) atoms. The Morgan fingerprint density at radius 3 is 1.00 bits per heavy atom. The van der Waals surface area contributed by atoms with Gasteiger partial charge in [0.1, 0.15) is 24.7 Å². The lowest BCUT2D eigenvalue weighted by Gasteiger charge is -2.15. The topological polar surface area (TPSA) is 121 Å². The monoisotopic (exact) mass is 922 g/mol. The lowest BCUT2D eigenvalue weighted by molar-refractivity contribution is -0.122. The summed E-state index contributed by atoms with van der Waals surface area (Å²) in [5.41, 5.74) is 8.56. The molecule has 0 saturated heterocycles. The van der Waals surface area contributed by atoms with Crippen LogP contribution in [0.1, 0.15) is 225 Å². The van der Waals surface area contributed by atoms with Gasteiger partial charge < -0.3 is 35.3 Å². The van der Waals surface area contributed by atoms with E-state index < -0.39 is 0 Å². The van der Waals surface area contributed by atoms with Crippen LogP contribution in [-0.4, -0.2) is 64.5 Å². The molecule has 0 aliphatic carbocycles. The summed E-state index contributed by atoms with van der Waals surface area (Å²) in [5, 5.41) is 5.94. The summed E-state index contributed by atoms with van der Waals surface area (Å²) in [6, 6.07) is 15.4. The average molecular weight is 922 g/mol. The molecule has 0 saturated carbocycles. The van der Waals surface area contributed by atoms with Gasteiger partial charge >= 0.3 is 0 Å². The Morgan fingerprint density at radius 1 is 0.409 bits per heavy atom. The second-order valence-electron chi connectivity index (χ2n) is 19.6. The Hall–Kier alpha value is -3.14. The number of benzene rings is 2. The van der Waals surface area contributed by atoms with Gasteiger partial charge in [-0.2, -0.15) is 0 Å². The highest BCUT2D eigenvalue weighted by Crippen LogP contribution is 2.24. The molecule has 9 nitrogen and oxygen atoms in total. The van der Waals surface area contributed by atoms with Gasteiger partial charge in [-0.25, -0.2) is 0 Å². The first kappa shape index (κ1) is 59.0. The first-order valence-corrected chi connectivity index (χ1v) is 27.1. The van der Waals surface area contributed by atoms with Gasteiger partial charge in [-0.15, -0.1) is 0 Å². The smallest absolute Gasteiger partial charge is 0.220 e. The fraction of sp³-hybridized carbons (Fsp3) is 0.754. The van der Waals surface area contributed by atoms with Crippen molar-refractivity contribution in [3.8, 4) is 11.5 Å². The fourth-order valence-electron chi connectivity index (χ4n) is 8.29. The SMILES string of the molecule is CC(C)CCCCCCCCCCCCCCC(=O)NCCOCCOc1ccc(C(N)c2ccc(OCCOCCNC(=O)CCCCCCCCCCCCCCC(C)C)cc2)cc1. The van der Waals surface area contributed by atoms with E-state index in [-0.39, 0.29) is 17.9 Å². The van der Waals surface area contributed by atoms with Crippen molar-refractivity contribution in [1.29, 1.82) is 0 Å². The van der Waals surface area contributed by atoms with E-state index in [1.54, 1.807) is 0 Å². The first-order chi connectivity index (χ1) is 32.2. The van der Waals surface area contributed by atoms with Gasteiger partial charge in [-0.1, -0.05) is 206 Å². The maximum absolute atomic E-state index is 12.2. The van der Waals surface area contributed by atoms with E-state index >= 15 is 0 Å². The minimum Gasteiger partial charge on any atom is -0.491 e. The number of carbonyl (C=O) groups excluding carboxylic acids is 2. The maximum atomic E-state index is 12.2. The highest BCUT2D eigenvalue weighted by Gasteiger charge is 2.10. The van der Waals surface area contributed by atoms with Crippen LogP contribution in [-0.2, 0) is 19.1 Å². The molecule has 2 amide bonds. The Bertz CT molecular complexity index is 1300. The van der Waals surface area contributed by atoms with Gasteiger partial charge in [-0.3, -0.25) is 9.59 Å². The quantitative estimate of drug-likeness (QED) is 0.0566. The molecule has 0 aromatic heterocycles. The molecule has 0 spiro atoms. The molecule has 2 aromatic carbocycles. The molecule has 9 heteroatoms. The van der Waals surface area contributed by atoms with Gasteiger partial charge in [0.2, 0.25) is 11.8 Å². The van der Waals surface area contributed by atoms with E-state index in [0.29, 0.717) is 65.6 Å². The summed E-state index contributed by atoms with van der Waals surface area (Å²) in [6.07, 6.45) is 35.3. The fourth-order valence-corrected chi connectivity index (χ4v) is 8.29. The molecular weight excluding hydrogens is 823 g/mol. The number of hydrogen-bond donors (Lipinski definition) is 3. The molecule has 0 aliphatic rings. The van der Waals surface area contributed by atoms with Gasteiger partial charge in [0.15, 0.2) is 0 Å². The van der Waals surface area contributed by atoms with E-state index in [9.17, 15) is 9.59 Å². The molecule has 2 rings (SSSR count). The van der Waals surface area contributed by atoms with Crippen LogP contribution < -0.4 is 25.8 Å². The van der Waals surface area contributed by atoms with Crippen molar-refractivity contribution >= 4 is 11.8 Å². The zero-order valence-corrected chi connectivity index (χ0v) is 42.8. The van der Waals surface area contributed by atoms with E-state index in [4.69, 9.17) is 24.7 Å². The normalized spacial score (nSPS) is 11.5. The second-order valence-corrected chi connectivity index (χ2v) is 19.6. The van der Waals surface area contributed by atoms with E-state index in [0.717, 1.165) is 60.1 Å².